The van der Waals surface area contributed by atoms with E-state index in [1.807, 2.05) is 4.90 Å². The van der Waals surface area contributed by atoms with Crippen LogP contribution < -0.4 is 5.32 Å². The zero-order valence-electron chi connectivity index (χ0n) is 12.8. The van der Waals surface area contributed by atoms with Crippen molar-refractivity contribution in [2.45, 2.75) is 32.7 Å². The molecule has 0 radical (unpaired) electrons. The number of carbonyl (C=O) groups is 1. The molecule has 2 saturated heterocycles. The molecule has 0 aromatic heterocycles. The van der Waals surface area contributed by atoms with Gasteiger partial charge in [0.25, 0.3) is 0 Å². The molecule has 1 amide bonds. The normalized spacial score (nSPS) is 38.2. The fourth-order valence-electron chi connectivity index (χ4n) is 4.93. The predicted octanol–water partition coefficient (Wildman–Crippen LogP) is 0.785. The molecule has 2 heterocycles. The molecular weight excluding hydrogens is 250 g/mol. The first-order valence-electron chi connectivity index (χ1n) is 8.41. The van der Waals surface area contributed by atoms with Gasteiger partial charge in [-0.05, 0) is 43.9 Å². The molecule has 4 rings (SSSR count). The third-order valence-corrected chi connectivity index (χ3v) is 6.44. The summed E-state index contributed by atoms with van der Waals surface area (Å²) in [7, 11) is 0. The number of piperidine rings is 1. The Balaban J connectivity index is 1.28. The lowest BCUT2D eigenvalue weighted by Crippen LogP contribution is -2.65. The highest BCUT2D eigenvalue weighted by Crippen LogP contribution is 2.56. The molecule has 2 saturated carbocycles. The Morgan fingerprint density at radius 1 is 1.20 bits per heavy atom. The number of fused-ring (bicyclic) bond motifs is 1. The molecule has 2 unspecified atom stereocenters. The summed E-state index contributed by atoms with van der Waals surface area (Å²) in [6.07, 6.45) is 2.79. The van der Waals surface area contributed by atoms with Crippen LogP contribution in [0.5, 0.6) is 0 Å². The van der Waals surface area contributed by atoms with E-state index in [1.165, 1.54) is 39.0 Å². The van der Waals surface area contributed by atoms with Crippen molar-refractivity contribution in [3.63, 3.8) is 0 Å². The van der Waals surface area contributed by atoms with Crippen LogP contribution in [0.15, 0.2) is 0 Å². The number of likely N-dealkylation sites (tertiary alicyclic amines) is 1. The molecule has 2 aliphatic heterocycles. The molecule has 20 heavy (non-hydrogen) atoms. The van der Waals surface area contributed by atoms with E-state index in [1.54, 1.807) is 0 Å². The van der Waals surface area contributed by atoms with Crippen LogP contribution in [-0.2, 0) is 4.79 Å². The SMILES string of the molecule is CCN(CC)C(=O)C1C2CN(C3CC4(CNC4)C3)CC21. The molecule has 4 heteroatoms. The van der Waals surface area contributed by atoms with Gasteiger partial charge in [-0.25, -0.2) is 0 Å². The second kappa shape index (κ2) is 4.44. The molecule has 1 N–H and O–H groups in total. The van der Waals surface area contributed by atoms with E-state index in [2.05, 4.69) is 24.1 Å². The van der Waals surface area contributed by atoms with Crippen molar-refractivity contribution in [2.75, 3.05) is 39.3 Å². The summed E-state index contributed by atoms with van der Waals surface area (Å²) in [5, 5.41) is 3.41. The number of nitrogens with zero attached hydrogens (tertiary/aromatic N) is 2. The minimum Gasteiger partial charge on any atom is -0.343 e. The van der Waals surface area contributed by atoms with E-state index in [0.717, 1.165) is 19.1 Å². The Morgan fingerprint density at radius 2 is 1.80 bits per heavy atom. The Kier molecular flexibility index (Phi) is 2.90. The molecule has 1 spiro atoms. The quantitative estimate of drug-likeness (QED) is 0.825. The average molecular weight is 277 g/mol. The van der Waals surface area contributed by atoms with Crippen molar-refractivity contribution in [1.29, 1.82) is 0 Å². The van der Waals surface area contributed by atoms with E-state index < -0.39 is 0 Å². The van der Waals surface area contributed by atoms with E-state index in [-0.39, 0.29) is 0 Å². The van der Waals surface area contributed by atoms with Crippen molar-refractivity contribution in [1.82, 2.24) is 15.1 Å². The van der Waals surface area contributed by atoms with Gasteiger partial charge in [-0.15, -0.1) is 0 Å². The van der Waals surface area contributed by atoms with Crippen LogP contribution in [0, 0.1) is 23.2 Å². The number of carbonyl (C=O) groups excluding carboxylic acids is 1. The van der Waals surface area contributed by atoms with Crippen molar-refractivity contribution >= 4 is 5.91 Å². The van der Waals surface area contributed by atoms with Gasteiger partial charge in [-0.1, -0.05) is 0 Å². The lowest BCUT2D eigenvalue weighted by atomic mass is 9.61. The van der Waals surface area contributed by atoms with Crippen LogP contribution in [-0.4, -0.2) is 61.0 Å². The summed E-state index contributed by atoms with van der Waals surface area (Å²) >= 11 is 0. The number of nitrogens with one attached hydrogen (secondary N) is 1. The van der Waals surface area contributed by atoms with Gasteiger partial charge in [-0.2, -0.15) is 0 Å². The second-order valence-electron chi connectivity index (χ2n) is 7.48. The first-order valence-corrected chi connectivity index (χ1v) is 8.41. The zero-order valence-corrected chi connectivity index (χ0v) is 12.8. The average Bonchev–Trinajstić information content (AvgIpc) is 2.83. The van der Waals surface area contributed by atoms with E-state index in [0.29, 0.717) is 29.1 Å². The number of hydrogen-bond donors (Lipinski definition) is 1. The van der Waals surface area contributed by atoms with Gasteiger partial charge in [-0.3, -0.25) is 9.69 Å². The molecule has 4 fully saturated rings. The molecular formula is C16H27N3O. The van der Waals surface area contributed by atoms with Gasteiger partial charge >= 0.3 is 0 Å². The minimum absolute atomic E-state index is 0.366. The Labute approximate surface area is 121 Å². The molecule has 4 nitrogen and oxygen atoms in total. The zero-order chi connectivity index (χ0) is 13.9. The molecule has 112 valence electrons. The largest absolute Gasteiger partial charge is 0.343 e. The van der Waals surface area contributed by atoms with Gasteiger partial charge < -0.3 is 10.2 Å². The summed E-state index contributed by atoms with van der Waals surface area (Å²) in [6, 6.07) is 0.828. The highest BCUT2D eigenvalue weighted by Gasteiger charge is 2.62. The van der Waals surface area contributed by atoms with Crippen LogP contribution >= 0.6 is 0 Å². The molecule has 0 aromatic carbocycles. The molecule has 0 bridgehead atoms. The maximum absolute atomic E-state index is 12.4. The van der Waals surface area contributed by atoms with Crippen molar-refractivity contribution in [3.05, 3.63) is 0 Å². The summed E-state index contributed by atoms with van der Waals surface area (Å²) in [5.74, 6) is 2.15. The Bertz CT molecular complexity index is 396. The first kappa shape index (κ1) is 13.1. The lowest BCUT2D eigenvalue weighted by molar-refractivity contribution is -0.133. The maximum atomic E-state index is 12.4. The number of hydrogen-bond acceptors (Lipinski definition) is 3. The van der Waals surface area contributed by atoms with E-state index in [9.17, 15) is 4.79 Å². The van der Waals surface area contributed by atoms with Crippen LogP contribution in [0.3, 0.4) is 0 Å². The van der Waals surface area contributed by atoms with Gasteiger partial charge in [0.05, 0.1) is 0 Å². The van der Waals surface area contributed by atoms with Crippen molar-refractivity contribution in [3.8, 4) is 0 Å². The smallest absolute Gasteiger partial charge is 0.226 e. The lowest BCUT2D eigenvalue weighted by Gasteiger charge is -2.57. The van der Waals surface area contributed by atoms with Crippen LogP contribution in [0.25, 0.3) is 0 Å². The standard InChI is InChI=1S/C16H27N3O/c1-3-18(4-2)15(20)14-12-7-19(8-13(12)14)11-5-16(6-11)9-17-10-16/h11-14,17H,3-10H2,1-2H3. The molecule has 2 aliphatic carbocycles. The maximum Gasteiger partial charge on any atom is 0.226 e. The summed E-state index contributed by atoms with van der Waals surface area (Å²) in [5.41, 5.74) is 0.674. The second-order valence-corrected chi connectivity index (χ2v) is 7.48. The van der Waals surface area contributed by atoms with Crippen LogP contribution in [0.1, 0.15) is 26.7 Å². The van der Waals surface area contributed by atoms with Crippen molar-refractivity contribution < 1.29 is 4.79 Å². The first-order chi connectivity index (χ1) is 9.67. The van der Waals surface area contributed by atoms with E-state index in [4.69, 9.17) is 0 Å². The number of rotatable bonds is 4. The highest BCUT2D eigenvalue weighted by molar-refractivity contribution is 5.82. The topological polar surface area (TPSA) is 35.6 Å². The van der Waals surface area contributed by atoms with Gasteiger partial charge in [0.1, 0.15) is 0 Å². The number of amides is 1. The van der Waals surface area contributed by atoms with Crippen molar-refractivity contribution in [2.24, 2.45) is 23.2 Å². The van der Waals surface area contributed by atoms with Gasteiger partial charge in [0.2, 0.25) is 5.91 Å². The molecule has 0 aromatic rings. The van der Waals surface area contributed by atoms with E-state index >= 15 is 0 Å². The van der Waals surface area contributed by atoms with Gasteiger partial charge in [0, 0.05) is 51.2 Å². The third kappa shape index (κ3) is 1.77. The summed E-state index contributed by atoms with van der Waals surface area (Å²) in [4.78, 5) is 17.1. The van der Waals surface area contributed by atoms with Crippen LogP contribution in [0.2, 0.25) is 0 Å². The summed E-state index contributed by atoms with van der Waals surface area (Å²) in [6.45, 7) is 10.8. The monoisotopic (exact) mass is 277 g/mol. The predicted molar refractivity (Wildman–Crippen MR) is 78.3 cm³/mol. The third-order valence-electron chi connectivity index (χ3n) is 6.44. The molecule has 2 atom stereocenters. The van der Waals surface area contributed by atoms with Gasteiger partial charge in [0.15, 0.2) is 0 Å². The minimum atomic E-state index is 0.366. The fraction of sp³-hybridized carbons (Fsp3) is 0.938. The Morgan fingerprint density at radius 3 is 2.25 bits per heavy atom. The highest BCUT2D eigenvalue weighted by atomic mass is 16.2. The van der Waals surface area contributed by atoms with Crippen LogP contribution in [0.4, 0.5) is 0 Å². The summed E-state index contributed by atoms with van der Waals surface area (Å²) < 4.78 is 0. The molecule has 4 aliphatic rings. The Hall–Kier alpha value is -0.610. The fourth-order valence-corrected chi connectivity index (χ4v) is 4.93.